The summed E-state index contributed by atoms with van der Waals surface area (Å²) in [5.74, 6) is -0.338. The highest BCUT2D eigenvalue weighted by Gasteiger charge is 2.11. The van der Waals surface area contributed by atoms with Gasteiger partial charge in [0.15, 0.2) is 5.82 Å². The van der Waals surface area contributed by atoms with E-state index in [0.717, 1.165) is 0 Å². The van der Waals surface area contributed by atoms with Crippen LogP contribution >= 0.6 is 0 Å². The normalized spacial score (nSPS) is 10.3. The first-order chi connectivity index (χ1) is 8.66. The molecule has 2 heterocycles. The molecule has 2 aromatic rings. The largest absolute Gasteiger partial charge is 0.351 e. The Morgan fingerprint density at radius 1 is 1.56 bits per heavy atom. The molecule has 0 aliphatic heterocycles. The van der Waals surface area contributed by atoms with Crippen molar-refractivity contribution in [3.8, 4) is 0 Å². The number of halogens is 1. The summed E-state index contributed by atoms with van der Waals surface area (Å²) >= 11 is 0. The summed E-state index contributed by atoms with van der Waals surface area (Å²) in [5.41, 5.74) is -0.0841. The van der Waals surface area contributed by atoms with E-state index in [4.69, 9.17) is 4.52 Å². The summed E-state index contributed by atoms with van der Waals surface area (Å²) in [6.45, 7) is 1.99. The van der Waals surface area contributed by atoms with Crippen molar-refractivity contribution in [2.24, 2.45) is 0 Å². The maximum Gasteiger partial charge on any atom is 0.255 e. The van der Waals surface area contributed by atoms with E-state index in [0.29, 0.717) is 18.1 Å². The molecule has 0 aliphatic carbocycles. The van der Waals surface area contributed by atoms with Crippen LogP contribution in [0.2, 0.25) is 0 Å². The lowest BCUT2D eigenvalue weighted by Gasteiger charge is -2.03. The van der Waals surface area contributed by atoms with Crippen LogP contribution < -0.4 is 5.32 Å². The Morgan fingerprint density at radius 2 is 2.39 bits per heavy atom. The fourth-order valence-electron chi connectivity index (χ4n) is 1.38. The van der Waals surface area contributed by atoms with Crippen molar-refractivity contribution in [2.75, 3.05) is 6.54 Å². The predicted molar refractivity (Wildman–Crippen MR) is 59.3 cm³/mol. The second-order valence-corrected chi connectivity index (χ2v) is 3.58. The third-order valence-electron chi connectivity index (χ3n) is 2.20. The fraction of sp³-hybridized carbons (Fsp3) is 0.273. The van der Waals surface area contributed by atoms with Gasteiger partial charge in [0.05, 0.1) is 5.56 Å². The van der Waals surface area contributed by atoms with Crippen molar-refractivity contribution >= 4 is 5.91 Å². The van der Waals surface area contributed by atoms with Gasteiger partial charge in [-0.15, -0.1) is 0 Å². The van der Waals surface area contributed by atoms with Gasteiger partial charge in [-0.2, -0.15) is 9.37 Å². The van der Waals surface area contributed by atoms with Gasteiger partial charge in [-0.1, -0.05) is 5.16 Å². The molecule has 0 saturated carbocycles. The van der Waals surface area contributed by atoms with Gasteiger partial charge in [-0.3, -0.25) is 4.79 Å². The number of rotatable bonds is 4. The van der Waals surface area contributed by atoms with E-state index < -0.39 is 11.9 Å². The molecule has 2 rings (SSSR count). The second kappa shape index (κ2) is 5.35. The van der Waals surface area contributed by atoms with Gasteiger partial charge < -0.3 is 9.84 Å². The van der Waals surface area contributed by atoms with Crippen LogP contribution in [-0.4, -0.2) is 27.6 Å². The minimum atomic E-state index is -0.788. The zero-order chi connectivity index (χ0) is 13.0. The van der Waals surface area contributed by atoms with Crippen molar-refractivity contribution in [1.29, 1.82) is 0 Å². The Kier molecular flexibility index (Phi) is 3.61. The Labute approximate surface area is 102 Å². The van der Waals surface area contributed by atoms with Crippen LogP contribution in [0.25, 0.3) is 0 Å². The topological polar surface area (TPSA) is 80.9 Å². The molecular formula is C11H11FN4O2. The molecule has 1 amide bonds. The van der Waals surface area contributed by atoms with Gasteiger partial charge in [-0.05, 0) is 19.1 Å². The molecule has 0 saturated heterocycles. The maximum absolute atomic E-state index is 13.2. The summed E-state index contributed by atoms with van der Waals surface area (Å²) < 4.78 is 18.1. The molecule has 0 bridgehead atoms. The first-order valence-corrected chi connectivity index (χ1v) is 5.34. The Morgan fingerprint density at radius 3 is 3.06 bits per heavy atom. The Bertz CT molecular complexity index is 555. The van der Waals surface area contributed by atoms with E-state index in [1.165, 1.54) is 18.3 Å². The highest BCUT2D eigenvalue weighted by atomic mass is 19.1. The number of nitrogens with one attached hydrogen (secondary N) is 1. The first kappa shape index (κ1) is 12.2. The molecule has 0 radical (unpaired) electrons. The van der Waals surface area contributed by atoms with E-state index in [-0.39, 0.29) is 12.1 Å². The molecule has 94 valence electrons. The lowest BCUT2D eigenvalue weighted by atomic mass is 10.2. The smallest absolute Gasteiger partial charge is 0.255 e. The molecule has 0 unspecified atom stereocenters. The number of carbonyl (C=O) groups is 1. The second-order valence-electron chi connectivity index (χ2n) is 3.58. The summed E-state index contributed by atoms with van der Waals surface area (Å²) in [7, 11) is 0. The maximum atomic E-state index is 13.2. The highest BCUT2D eigenvalue weighted by molar-refractivity contribution is 5.94. The number of pyridine rings is 1. The lowest BCUT2D eigenvalue weighted by molar-refractivity contribution is 0.0948. The molecule has 7 heteroatoms. The van der Waals surface area contributed by atoms with Crippen molar-refractivity contribution in [1.82, 2.24) is 20.4 Å². The minimum Gasteiger partial charge on any atom is -0.351 e. The fourth-order valence-corrected chi connectivity index (χ4v) is 1.38. The number of aryl methyl sites for hydroxylation is 1. The minimum absolute atomic E-state index is 0.0841. The Hall–Kier alpha value is -2.31. The van der Waals surface area contributed by atoms with Gasteiger partial charge in [0.1, 0.15) is 0 Å². The molecule has 1 N–H and O–H groups in total. The summed E-state index contributed by atoms with van der Waals surface area (Å²) in [4.78, 5) is 19.0. The Balaban J connectivity index is 1.87. The molecule has 6 nitrogen and oxygen atoms in total. The van der Waals surface area contributed by atoms with E-state index >= 15 is 0 Å². The summed E-state index contributed by atoms with van der Waals surface area (Å²) in [6, 6.07) is 2.87. The average molecular weight is 250 g/mol. The van der Waals surface area contributed by atoms with E-state index in [1.54, 1.807) is 6.92 Å². The molecule has 0 aromatic carbocycles. The highest BCUT2D eigenvalue weighted by Crippen LogP contribution is 2.02. The van der Waals surface area contributed by atoms with E-state index in [2.05, 4.69) is 20.4 Å². The SMILES string of the molecule is Cc1noc(CCNC(=O)c2cccnc2F)n1. The molecule has 0 fully saturated rings. The quantitative estimate of drug-likeness (QED) is 0.815. The molecule has 0 aliphatic rings. The van der Waals surface area contributed by atoms with Gasteiger partial charge in [0.25, 0.3) is 5.91 Å². The van der Waals surface area contributed by atoms with Gasteiger partial charge >= 0.3 is 0 Å². The summed E-state index contributed by atoms with van der Waals surface area (Å²) in [5, 5.41) is 6.17. The number of nitrogens with zero attached hydrogens (tertiary/aromatic N) is 3. The first-order valence-electron chi connectivity index (χ1n) is 5.34. The average Bonchev–Trinajstić information content (AvgIpc) is 2.75. The van der Waals surface area contributed by atoms with Crippen LogP contribution in [0.4, 0.5) is 4.39 Å². The van der Waals surface area contributed by atoms with Crippen LogP contribution in [0.15, 0.2) is 22.9 Å². The summed E-state index contributed by atoms with van der Waals surface area (Å²) in [6.07, 6.45) is 1.68. The van der Waals surface area contributed by atoms with Crippen LogP contribution in [0.1, 0.15) is 22.1 Å². The zero-order valence-electron chi connectivity index (χ0n) is 9.68. The number of carbonyl (C=O) groups excluding carboxylic acids is 1. The third kappa shape index (κ3) is 2.88. The van der Waals surface area contributed by atoms with Crippen LogP contribution in [0.3, 0.4) is 0 Å². The van der Waals surface area contributed by atoms with Crippen LogP contribution in [-0.2, 0) is 6.42 Å². The number of hydrogen-bond acceptors (Lipinski definition) is 5. The molecule has 0 spiro atoms. The van der Waals surface area contributed by atoms with Crippen LogP contribution in [0, 0.1) is 12.9 Å². The van der Waals surface area contributed by atoms with Crippen molar-refractivity contribution in [3.05, 3.63) is 41.6 Å². The van der Waals surface area contributed by atoms with Gasteiger partial charge in [0, 0.05) is 19.2 Å². The monoisotopic (exact) mass is 250 g/mol. The number of amides is 1. The lowest BCUT2D eigenvalue weighted by Crippen LogP contribution is -2.26. The van der Waals surface area contributed by atoms with Gasteiger partial charge in [0.2, 0.25) is 11.8 Å². The molecule has 2 aromatic heterocycles. The number of aromatic nitrogens is 3. The van der Waals surface area contributed by atoms with Crippen molar-refractivity contribution < 1.29 is 13.7 Å². The van der Waals surface area contributed by atoms with E-state index in [1.807, 2.05) is 0 Å². The van der Waals surface area contributed by atoms with Gasteiger partial charge in [-0.25, -0.2) is 4.98 Å². The third-order valence-corrected chi connectivity index (χ3v) is 2.20. The standard InChI is InChI=1S/C11H11FN4O2/c1-7-15-9(18-16-7)4-6-14-11(17)8-3-2-5-13-10(8)12/h2-3,5H,4,6H2,1H3,(H,14,17). The molecule has 0 atom stereocenters. The predicted octanol–water partition coefficient (Wildman–Crippen LogP) is 0.885. The molecule has 18 heavy (non-hydrogen) atoms. The van der Waals surface area contributed by atoms with Crippen molar-refractivity contribution in [2.45, 2.75) is 13.3 Å². The molecular weight excluding hydrogens is 239 g/mol. The van der Waals surface area contributed by atoms with E-state index in [9.17, 15) is 9.18 Å². The van der Waals surface area contributed by atoms with Crippen LogP contribution in [0.5, 0.6) is 0 Å². The number of hydrogen-bond donors (Lipinski definition) is 1. The zero-order valence-corrected chi connectivity index (χ0v) is 9.68. The van der Waals surface area contributed by atoms with Crippen molar-refractivity contribution in [3.63, 3.8) is 0 Å².